The topological polar surface area (TPSA) is 221 Å². The molecule has 4 aliphatic rings. The average molecular weight is 607 g/mol. The number of carboxylic acid groups (broad SMARTS) is 1. The first-order valence-electron chi connectivity index (χ1n) is 11.4. The van der Waals surface area contributed by atoms with Gasteiger partial charge in [-0.05, 0) is 18.6 Å². The van der Waals surface area contributed by atoms with E-state index in [4.69, 9.17) is 16.3 Å². The van der Waals surface area contributed by atoms with Gasteiger partial charge in [0.25, 0.3) is 11.8 Å². The van der Waals surface area contributed by atoms with Crippen LogP contribution in [0.2, 0.25) is 0 Å². The average Bonchev–Trinajstić information content (AvgIpc) is 3.54. The van der Waals surface area contributed by atoms with E-state index < -0.39 is 35.2 Å². The summed E-state index contributed by atoms with van der Waals surface area (Å²) in [5.41, 5.74) is 14.9. The lowest BCUT2D eigenvalue weighted by atomic mass is 10.0. The molecule has 0 aromatic carbocycles. The number of carboxylic acids is 1. The Labute approximate surface area is 238 Å². The van der Waals surface area contributed by atoms with Gasteiger partial charge in [0.1, 0.15) is 29.9 Å². The number of hydrogen-bond acceptors (Lipinski definition) is 14. The third-order valence-corrected chi connectivity index (χ3v) is 8.96. The van der Waals surface area contributed by atoms with Crippen molar-refractivity contribution in [3.63, 3.8) is 0 Å². The first-order valence-corrected chi connectivity index (χ1v) is 14.3. The lowest BCUT2D eigenvalue weighted by Gasteiger charge is -2.49. The van der Waals surface area contributed by atoms with Gasteiger partial charge in [-0.2, -0.15) is 0 Å². The summed E-state index contributed by atoms with van der Waals surface area (Å²) in [5, 5.41) is 20.8. The highest BCUT2D eigenvalue weighted by Gasteiger charge is 2.54. The van der Waals surface area contributed by atoms with Crippen LogP contribution in [0.5, 0.6) is 0 Å². The molecular weight excluding hydrogens is 584 g/mol. The number of β-lactam (4-membered cyclic amide) rings is 1. The molecule has 19 heteroatoms. The van der Waals surface area contributed by atoms with Crippen LogP contribution in [0, 0.1) is 0 Å². The molecule has 4 aliphatic heterocycles. The zero-order valence-corrected chi connectivity index (χ0v) is 23.3. The molecule has 1 fully saturated rings. The Morgan fingerprint density at radius 1 is 1.40 bits per heavy atom. The fourth-order valence-electron chi connectivity index (χ4n) is 4.13. The van der Waals surface area contributed by atoms with Gasteiger partial charge in [-0.15, -0.1) is 40.4 Å². The number of thiazole rings is 1. The van der Waals surface area contributed by atoms with Crippen LogP contribution in [0.25, 0.3) is 0 Å². The lowest BCUT2D eigenvalue weighted by Crippen LogP contribution is -2.71. The number of nitrogen functional groups attached to an aromatic ring is 1. The van der Waals surface area contributed by atoms with E-state index in [0.717, 1.165) is 16.3 Å². The van der Waals surface area contributed by atoms with Crippen molar-refractivity contribution in [3.05, 3.63) is 45.5 Å². The van der Waals surface area contributed by atoms with E-state index in [0.29, 0.717) is 27.9 Å². The summed E-state index contributed by atoms with van der Waals surface area (Å²) in [6, 6.07) is -1.70. The maximum Gasteiger partial charge on any atom is 0.352 e. The highest BCUT2D eigenvalue weighted by molar-refractivity contribution is 8.03. The maximum atomic E-state index is 13.1. The Morgan fingerprint density at radius 3 is 2.83 bits per heavy atom. The largest absolute Gasteiger partial charge is 0.477 e. The number of nitrogens with two attached hydrogens (primary N) is 2. The molecule has 0 saturated carbocycles. The van der Waals surface area contributed by atoms with E-state index in [1.165, 1.54) is 47.1 Å². The summed E-state index contributed by atoms with van der Waals surface area (Å²) in [7, 11) is 1.27. The van der Waals surface area contributed by atoms with Crippen molar-refractivity contribution in [2.24, 2.45) is 15.9 Å². The Hall–Kier alpha value is -4.07. The number of amides is 4. The van der Waals surface area contributed by atoms with Crippen molar-refractivity contribution in [2.75, 3.05) is 24.3 Å². The van der Waals surface area contributed by atoms with Gasteiger partial charge in [0.15, 0.2) is 16.7 Å². The van der Waals surface area contributed by atoms with Crippen LogP contribution in [0.3, 0.4) is 0 Å². The molecular formula is C21H22N10O6S3. The molecule has 0 aliphatic carbocycles. The quantitative estimate of drug-likeness (QED) is 0.147. The summed E-state index contributed by atoms with van der Waals surface area (Å²) in [6.45, 7) is 1.79. The molecule has 0 unspecified atom stereocenters. The number of primary amides is 1. The number of allylic oxidation sites excluding steroid dienone is 1. The van der Waals surface area contributed by atoms with E-state index >= 15 is 0 Å². The third-order valence-electron chi connectivity index (χ3n) is 5.86. The van der Waals surface area contributed by atoms with Crippen LogP contribution < -0.4 is 22.3 Å². The van der Waals surface area contributed by atoms with Gasteiger partial charge in [-0.25, -0.2) is 29.6 Å². The second kappa shape index (κ2) is 10.8. The van der Waals surface area contributed by atoms with E-state index in [1.54, 1.807) is 18.0 Å². The zero-order valence-electron chi connectivity index (χ0n) is 20.9. The van der Waals surface area contributed by atoms with Crippen LogP contribution in [0.4, 0.5) is 9.93 Å². The number of rotatable bonds is 8. The monoisotopic (exact) mass is 606 g/mol. The van der Waals surface area contributed by atoms with Crippen LogP contribution in [0.15, 0.2) is 49.9 Å². The number of hydrazine groups is 2. The van der Waals surface area contributed by atoms with Gasteiger partial charge in [0.05, 0.1) is 11.2 Å². The molecule has 0 spiro atoms. The second-order valence-corrected chi connectivity index (χ2v) is 11.5. The minimum absolute atomic E-state index is 0.129. The lowest BCUT2D eigenvalue weighted by molar-refractivity contribution is -0.150. The molecule has 4 amide bonds. The fraction of sp³-hybridized carbons (Fsp3) is 0.286. The van der Waals surface area contributed by atoms with Gasteiger partial charge in [0, 0.05) is 22.6 Å². The number of carbonyl (C=O) groups excluding carboxylic acids is 3. The predicted molar refractivity (Wildman–Crippen MR) is 148 cm³/mol. The first-order chi connectivity index (χ1) is 19.1. The molecule has 0 bridgehead atoms. The van der Waals surface area contributed by atoms with Crippen molar-refractivity contribution in [3.8, 4) is 0 Å². The summed E-state index contributed by atoms with van der Waals surface area (Å²) >= 11 is 3.75. The normalized spacial score (nSPS) is 22.1. The first kappa shape index (κ1) is 27.5. The third kappa shape index (κ3) is 4.98. The highest BCUT2D eigenvalue weighted by Crippen LogP contribution is 2.42. The number of nitrogens with zero attached hydrogens (tertiary/aromatic N) is 6. The Balaban J connectivity index is 1.30. The molecule has 40 heavy (non-hydrogen) atoms. The number of hydrogen-bond donors (Lipinski definition) is 5. The Kier molecular flexibility index (Phi) is 7.45. The molecule has 7 N–H and O–H groups in total. The molecule has 5 rings (SSSR count). The molecule has 210 valence electrons. The minimum Gasteiger partial charge on any atom is -0.477 e. The molecule has 1 aromatic heterocycles. The van der Waals surface area contributed by atoms with E-state index in [2.05, 4.69) is 26.0 Å². The SMILES string of the molecule is CO/N=C(\C(=O)N[C@@H]1C(=O)N2C(C(=O)O)=C(CSC3=CC(C)=NC4=CN(C(N)=O)NN43)CS[C@H]12)c1csc(N)n1. The fourth-order valence-corrected chi connectivity index (χ4v) is 7.24. The summed E-state index contributed by atoms with van der Waals surface area (Å²) in [4.78, 5) is 64.2. The second-order valence-electron chi connectivity index (χ2n) is 8.47. The number of thioether (sulfide) groups is 2. The number of aliphatic imine (C=N–C) groups is 1. The zero-order chi connectivity index (χ0) is 28.7. The molecule has 1 saturated heterocycles. The van der Waals surface area contributed by atoms with Gasteiger partial charge >= 0.3 is 12.0 Å². The number of oxime groups is 1. The summed E-state index contributed by atoms with van der Waals surface area (Å²) < 4.78 is 0. The molecule has 0 radical (unpaired) electrons. The van der Waals surface area contributed by atoms with E-state index in [-0.39, 0.29) is 28.0 Å². The molecule has 2 atom stereocenters. The number of aromatic nitrogens is 1. The van der Waals surface area contributed by atoms with Crippen molar-refractivity contribution in [1.82, 2.24) is 30.8 Å². The minimum atomic E-state index is -1.26. The summed E-state index contributed by atoms with van der Waals surface area (Å²) in [5.74, 6) is -1.54. The van der Waals surface area contributed by atoms with Crippen LogP contribution in [-0.4, -0.2) is 90.3 Å². The van der Waals surface area contributed by atoms with Crippen LogP contribution in [0.1, 0.15) is 12.6 Å². The van der Waals surface area contributed by atoms with Crippen LogP contribution >= 0.6 is 34.9 Å². The Bertz CT molecular complexity index is 1470. The van der Waals surface area contributed by atoms with Gasteiger partial charge < -0.3 is 26.7 Å². The van der Waals surface area contributed by atoms with E-state index in [1.807, 2.05) is 0 Å². The maximum absolute atomic E-state index is 13.1. The molecule has 1 aromatic rings. The number of aliphatic carboxylic acids is 1. The highest BCUT2D eigenvalue weighted by atomic mass is 32.2. The number of anilines is 1. The van der Waals surface area contributed by atoms with Crippen molar-refractivity contribution >= 4 is 75.2 Å². The molecule has 16 nitrogen and oxygen atoms in total. The van der Waals surface area contributed by atoms with Crippen LogP contribution in [-0.2, 0) is 19.2 Å². The van der Waals surface area contributed by atoms with Gasteiger partial charge in [-0.1, -0.05) is 5.16 Å². The predicted octanol–water partition coefficient (Wildman–Crippen LogP) is -0.222. The van der Waals surface area contributed by atoms with Crippen molar-refractivity contribution in [1.29, 1.82) is 0 Å². The number of urea groups is 1. The standard InChI is InChI=1S/C21H22N10O6S3/c1-8-3-12(31-11(24-8)4-29(28-31)21(23)36)38-5-9-6-39-18-14(17(33)30(18)15(9)19(34)35)26-16(32)13(27-37-2)10-7-40-20(22)25-10/h3-4,7,14,18,28H,5-6H2,1-2H3,(H2,22,25)(H2,23,36)(H,26,32)(H,34,35)/b27-13-/t14-,18-/m1/s1. The summed E-state index contributed by atoms with van der Waals surface area (Å²) in [6.07, 6.45) is 3.22. The van der Waals surface area contributed by atoms with E-state index in [9.17, 15) is 24.3 Å². The number of nitrogens with one attached hydrogen (secondary N) is 2. The van der Waals surface area contributed by atoms with Crippen molar-refractivity contribution in [2.45, 2.75) is 18.3 Å². The van der Waals surface area contributed by atoms with Crippen molar-refractivity contribution < 1.29 is 29.1 Å². The van der Waals surface area contributed by atoms with Gasteiger partial charge in [-0.3, -0.25) is 14.5 Å². The number of carbonyl (C=O) groups is 4. The van der Waals surface area contributed by atoms with Gasteiger partial charge in [0.2, 0.25) is 0 Å². The smallest absolute Gasteiger partial charge is 0.352 e. The number of fused-ring (bicyclic) bond motifs is 2. The Morgan fingerprint density at radius 2 is 2.17 bits per heavy atom. The molecule has 5 heterocycles.